The lowest BCUT2D eigenvalue weighted by Gasteiger charge is -2.24. The van der Waals surface area contributed by atoms with E-state index in [9.17, 15) is 0 Å². The van der Waals surface area contributed by atoms with E-state index in [-0.39, 0.29) is 0 Å². The lowest BCUT2D eigenvalue weighted by molar-refractivity contribution is 0.428. The highest BCUT2D eigenvalue weighted by molar-refractivity contribution is 7.98. The Labute approximate surface area is 110 Å². The maximum absolute atomic E-state index is 3.78. The average Bonchev–Trinajstić information content (AvgIpc) is 2.38. The molecule has 0 heterocycles. The Hall–Kier alpha value is -0.470. The van der Waals surface area contributed by atoms with Gasteiger partial charge in [0.2, 0.25) is 0 Å². The van der Waals surface area contributed by atoms with Crippen LogP contribution in [0.1, 0.15) is 32.3 Å². The van der Waals surface area contributed by atoms with Crippen molar-refractivity contribution in [3.05, 3.63) is 35.9 Å². The number of benzene rings is 1. The summed E-state index contributed by atoms with van der Waals surface area (Å²) in [6.45, 7) is 4.54. The summed E-state index contributed by atoms with van der Waals surface area (Å²) < 4.78 is 0. The van der Waals surface area contributed by atoms with Crippen LogP contribution in [0.2, 0.25) is 0 Å². The van der Waals surface area contributed by atoms with E-state index in [1.807, 2.05) is 11.8 Å². The van der Waals surface area contributed by atoms with Gasteiger partial charge in [-0.05, 0) is 31.1 Å². The summed E-state index contributed by atoms with van der Waals surface area (Å²) in [6, 6.07) is 12.0. The zero-order valence-corrected chi connectivity index (χ0v) is 12.1. The summed E-state index contributed by atoms with van der Waals surface area (Å²) in [5.74, 6) is 1.21. The van der Waals surface area contributed by atoms with Crippen molar-refractivity contribution in [1.82, 2.24) is 5.32 Å². The molecule has 0 aromatic heterocycles. The number of nitrogens with one attached hydrogen (secondary N) is 1. The maximum Gasteiger partial charge on any atom is 0.0158 e. The minimum atomic E-state index is 0.606. The molecule has 0 amide bonds. The fraction of sp³-hybridized carbons (Fsp3) is 0.600. The molecule has 0 aliphatic rings. The second-order valence-corrected chi connectivity index (χ2v) is 5.43. The van der Waals surface area contributed by atoms with Crippen molar-refractivity contribution in [2.24, 2.45) is 0 Å². The minimum absolute atomic E-state index is 0.606. The molecule has 0 saturated carbocycles. The van der Waals surface area contributed by atoms with E-state index in [0.29, 0.717) is 12.1 Å². The molecule has 1 nitrogen and oxygen atoms in total. The van der Waals surface area contributed by atoms with E-state index < -0.39 is 0 Å². The molecule has 0 bridgehead atoms. The Morgan fingerprint density at radius 2 is 1.71 bits per heavy atom. The van der Waals surface area contributed by atoms with Gasteiger partial charge >= 0.3 is 0 Å². The molecule has 0 aliphatic carbocycles. The molecule has 0 aliphatic heterocycles. The van der Waals surface area contributed by atoms with Crippen LogP contribution in [-0.4, -0.2) is 24.1 Å². The highest BCUT2D eigenvalue weighted by Gasteiger charge is 2.12. The molecule has 1 rings (SSSR count). The Bertz CT molecular complexity index is 286. The van der Waals surface area contributed by atoms with Crippen LogP contribution >= 0.6 is 11.8 Å². The molecular weight excluding hydrogens is 226 g/mol. The van der Waals surface area contributed by atoms with Crippen molar-refractivity contribution in [2.45, 2.75) is 45.2 Å². The predicted molar refractivity (Wildman–Crippen MR) is 79.8 cm³/mol. The van der Waals surface area contributed by atoms with Crippen LogP contribution in [0.15, 0.2) is 30.3 Å². The van der Waals surface area contributed by atoms with Crippen LogP contribution in [0.25, 0.3) is 0 Å². The van der Waals surface area contributed by atoms with Crippen LogP contribution < -0.4 is 5.32 Å². The second kappa shape index (κ2) is 8.60. The lowest BCUT2D eigenvalue weighted by atomic mass is 10.0. The summed E-state index contributed by atoms with van der Waals surface area (Å²) >= 11 is 1.93. The van der Waals surface area contributed by atoms with Crippen molar-refractivity contribution >= 4 is 11.8 Å². The van der Waals surface area contributed by atoms with Crippen LogP contribution in [0, 0.1) is 0 Å². The van der Waals surface area contributed by atoms with Gasteiger partial charge in [0.1, 0.15) is 0 Å². The lowest BCUT2D eigenvalue weighted by Crippen LogP contribution is -2.40. The summed E-state index contributed by atoms with van der Waals surface area (Å²) in [6.07, 6.45) is 5.73. The third-order valence-corrected chi connectivity index (χ3v) is 3.89. The van der Waals surface area contributed by atoms with Gasteiger partial charge in [0.05, 0.1) is 0 Å². The Kier molecular flexibility index (Phi) is 7.38. The summed E-state index contributed by atoms with van der Waals surface area (Å²) in [4.78, 5) is 0. The number of thioether (sulfide) groups is 1. The zero-order valence-electron chi connectivity index (χ0n) is 11.3. The molecule has 0 fully saturated rings. The van der Waals surface area contributed by atoms with E-state index in [4.69, 9.17) is 0 Å². The largest absolute Gasteiger partial charge is 0.310 e. The molecule has 17 heavy (non-hydrogen) atoms. The first kappa shape index (κ1) is 14.6. The molecule has 96 valence electrons. The van der Waals surface area contributed by atoms with Gasteiger partial charge < -0.3 is 5.32 Å². The van der Waals surface area contributed by atoms with Crippen molar-refractivity contribution in [3.63, 3.8) is 0 Å². The molecular formula is C15H25NS. The molecule has 2 unspecified atom stereocenters. The van der Waals surface area contributed by atoms with Gasteiger partial charge in [0.25, 0.3) is 0 Å². The molecule has 1 N–H and O–H groups in total. The highest BCUT2D eigenvalue weighted by Crippen LogP contribution is 2.09. The van der Waals surface area contributed by atoms with E-state index >= 15 is 0 Å². The third-order valence-electron chi connectivity index (χ3n) is 3.15. The van der Waals surface area contributed by atoms with Gasteiger partial charge in [-0.3, -0.25) is 0 Å². The summed E-state index contributed by atoms with van der Waals surface area (Å²) in [5, 5.41) is 3.78. The number of hydrogen-bond acceptors (Lipinski definition) is 2. The van der Waals surface area contributed by atoms with Crippen LogP contribution in [-0.2, 0) is 6.42 Å². The molecule has 2 heteroatoms. The summed E-state index contributed by atoms with van der Waals surface area (Å²) in [7, 11) is 0. The van der Waals surface area contributed by atoms with Gasteiger partial charge in [-0.25, -0.2) is 0 Å². The molecule has 0 radical (unpaired) electrons. The second-order valence-electron chi connectivity index (χ2n) is 4.52. The van der Waals surface area contributed by atoms with Crippen LogP contribution in [0.3, 0.4) is 0 Å². The van der Waals surface area contributed by atoms with Gasteiger partial charge in [-0.2, -0.15) is 11.8 Å². The smallest absolute Gasteiger partial charge is 0.0158 e. The normalized spacial score (nSPS) is 14.5. The van der Waals surface area contributed by atoms with Crippen LogP contribution in [0.5, 0.6) is 0 Å². The SMILES string of the molecule is CCC(CSC)NC(CC)Cc1ccccc1. The summed E-state index contributed by atoms with van der Waals surface area (Å²) in [5.41, 5.74) is 1.44. The minimum Gasteiger partial charge on any atom is -0.310 e. The number of rotatable bonds is 8. The molecule has 2 atom stereocenters. The molecule has 0 saturated heterocycles. The third kappa shape index (κ3) is 5.60. The molecule has 1 aromatic rings. The van der Waals surface area contributed by atoms with Crippen molar-refractivity contribution in [3.8, 4) is 0 Å². The Morgan fingerprint density at radius 3 is 2.24 bits per heavy atom. The quantitative estimate of drug-likeness (QED) is 0.755. The first-order valence-corrected chi connectivity index (χ1v) is 7.98. The van der Waals surface area contributed by atoms with Gasteiger partial charge in [0, 0.05) is 17.8 Å². The standard InChI is InChI=1S/C15H25NS/c1-4-14(16-15(5-2)12-17-3)11-13-9-7-6-8-10-13/h6-10,14-16H,4-5,11-12H2,1-3H3. The fourth-order valence-electron chi connectivity index (χ4n) is 2.04. The van der Waals surface area contributed by atoms with Crippen LogP contribution in [0.4, 0.5) is 0 Å². The first-order chi connectivity index (χ1) is 8.30. The van der Waals surface area contributed by atoms with Gasteiger partial charge in [-0.15, -0.1) is 0 Å². The van der Waals surface area contributed by atoms with Crippen molar-refractivity contribution < 1.29 is 0 Å². The zero-order chi connectivity index (χ0) is 12.5. The van der Waals surface area contributed by atoms with E-state index in [1.54, 1.807) is 0 Å². The molecule has 0 spiro atoms. The predicted octanol–water partition coefficient (Wildman–Crippen LogP) is 3.74. The van der Waals surface area contributed by atoms with Gasteiger partial charge in [-0.1, -0.05) is 44.2 Å². The monoisotopic (exact) mass is 251 g/mol. The first-order valence-electron chi connectivity index (χ1n) is 6.59. The average molecular weight is 251 g/mol. The van der Waals surface area contributed by atoms with E-state index in [2.05, 4.69) is 55.8 Å². The fourth-order valence-corrected chi connectivity index (χ4v) is 2.77. The van der Waals surface area contributed by atoms with Crippen molar-refractivity contribution in [1.29, 1.82) is 0 Å². The topological polar surface area (TPSA) is 12.0 Å². The van der Waals surface area contributed by atoms with Crippen molar-refractivity contribution in [2.75, 3.05) is 12.0 Å². The maximum atomic E-state index is 3.78. The van der Waals surface area contributed by atoms with E-state index in [0.717, 1.165) is 6.42 Å². The Balaban J connectivity index is 2.48. The number of hydrogen-bond donors (Lipinski definition) is 1. The highest BCUT2D eigenvalue weighted by atomic mass is 32.2. The van der Waals surface area contributed by atoms with E-state index in [1.165, 1.54) is 24.2 Å². The Morgan fingerprint density at radius 1 is 1.06 bits per heavy atom. The molecule has 1 aromatic carbocycles. The van der Waals surface area contributed by atoms with Gasteiger partial charge in [0.15, 0.2) is 0 Å².